The summed E-state index contributed by atoms with van der Waals surface area (Å²) in [6.45, 7) is 0.276. The largest absolute Gasteiger partial charge is 0.481 e. The van der Waals surface area contributed by atoms with Crippen LogP contribution in [-0.2, 0) is 4.79 Å². The number of hydrogen-bond acceptors (Lipinski definition) is 4. The number of amides is 1. The van der Waals surface area contributed by atoms with E-state index in [0.717, 1.165) is 18.2 Å². The second kappa shape index (κ2) is 5.86. The van der Waals surface area contributed by atoms with Crippen molar-refractivity contribution < 1.29 is 24.0 Å². The van der Waals surface area contributed by atoms with Crippen LogP contribution in [0, 0.1) is 21.8 Å². The molecule has 8 heteroatoms. The molecule has 0 radical (unpaired) electrons. The first kappa shape index (κ1) is 14.9. The molecule has 0 aliphatic carbocycles. The number of aliphatic carboxylic acids is 1. The number of carbonyl (C=O) groups excluding carboxylic acids is 1. The van der Waals surface area contributed by atoms with Gasteiger partial charge in [-0.2, -0.15) is 0 Å². The topological polar surface area (TPSA) is 101 Å². The highest BCUT2D eigenvalue weighted by Crippen LogP contribution is 2.24. The van der Waals surface area contributed by atoms with Gasteiger partial charge in [-0.15, -0.1) is 0 Å². The summed E-state index contributed by atoms with van der Waals surface area (Å²) in [7, 11) is 0. The van der Waals surface area contributed by atoms with Crippen LogP contribution in [0.3, 0.4) is 0 Å². The molecule has 112 valence electrons. The van der Waals surface area contributed by atoms with E-state index in [1.54, 1.807) is 0 Å². The van der Waals surface area contributed by atoms with Gasteiger partial charge in [-0.1, -0.05) is 0 Å². The Balaban J connectivity index is 2.29. The van der Waals surface area contributed by atoms with Crippen LogP contribution in [0.5, 0.6) is 0 Å². The number of rotatable bonds is 3. The maximum atomic E-state index is 13.3. The molecule has 1 aromatic rings. The summed E-state index contributed by atoms with van der Waals surface area (Å²) in [4.78, 5) is 34.7. The van der Waals surface area contributed by atoms with Gasteiger partial charge in [-0.3, -0.25) is 19.7 Å². The molecule has 1 heterocycles. The zero-order chi connectivity index (χ0) is 15.6. The molecule has 2 rings (SSSR count). The molecule has 21 heavy (non-hydrogen) atoms. The Kier molecular flexibility index (Phi) is 4.15. The molecule has 0 unspecified atom stereocenters. The van der Waals surface area contributed by atoms with E-state index in [9.17, 15) is 24.1 Å². The lowest BCUT2D eigenvalue weighted by molar-refractivity contribution is -0.385. The molecule has 1 amide bonds. The molecule has 1 saturated heterocycles. The molecule has 0 saturated carbocycles. The summed E-state index contributed by atoms with van der Waals surface area (Å²) in [6, 6.07) is 2.65. The number of piperidine rings is 1. The molecule has 1 aromatic carbocycles. The summed E-state index contributed by atoms with van der Waals surface area (Å²) in [5.74, 6) is -3.18. The number of benzene rings is 1. The van der Waals surface area contributed by atoms with Crippen LogP contribution in [0.15, 0.2) is 18.2 Å². The molecule has 1 fully saturated rings. The highest BCUT2D eigenvalue weighted by atomic mass is 19.1. The highest BCUT2D eigenvalue weighted by Gasteiger charge is 2.31. The predicted octanol–water partition coefficient (Wildman–Crippen LogP) is 1.67. The Labute approximate surface area is 119 Å². The van der Waals surface area contributed by atoms with Gasteiger partial charge < -0.3 is 10.0 Å². The highest BCUT2D eigenvalue weighted by molar-refractivity contribution is 5.98. The predicted molar refractivity (Wildman–Crippen MR) is 69.3 cm³/mol. The Hall–Kier alpha value is -2.51. The van der Waals surface area contributed by atoms with E-state index in [0.29, 0.717) is 19.4 Å². The molecular formula is C13H13FN2O5. The number of nitrogens with zero attached hydrogens (tertiary/aromatic N) is 2. The van der Waals surface area contributed by atoms with E-state index in [2.05, 4.69) is 0 Å². The van der Waals surface area contributed by atoms with Crippen LogP contribution in [0.4, 0.5) is 10.1 Å². The quantitative estimate of drug-likeness (QED) is 0.675. The Bertz CT molecular complexity index is 604. The van der Waals surface area contributed by atoms with Gasteiger partial charge in [-0.25, -0.2) is 4.39 Å². The van der Waals surface area contributed by atoms with Crippen LogP contribution in [0.25, 0.3) is 0 Å². The summed E-state index contributed by atoms with van der Waals surface area (Å²) >= 11 is 0. The van der Waals surface area contributed by atoms with Crippen LogP contribution >= 0.6 is 0 Å². The van der Waals surface area contributed by atoms with Crippen LogP contribution in [-0.4, -0.2) is 39.9 Å². The molecule has 7 nitrogen and oxygen atoms in total. The molecule has 1 atom stereocenters. The van der Waals surface area contributed by atoms with Crippen molar-refractivity contribution in [3.05, 3.63) is 39.7 Å². The van der Waals surface area contributed by atoms with Gasteiger partial charge in [0.2, 0.25) is 0 Å². The van der Waals surface area contributed by atoms with E-state index in [4.69, 9.17) is 5.11 Å². The smallest absolute Gasteiger partial charge is 0.308 e. The van der Waals surface area contributed by atoms with Gasteiger partial charge in [-0.05, 0) is 25.0 Å². The van der Waals surface area contributed by atoms with Crippen molar-refractivity contribution in [1.82, 2.24) is 4.90 Å². The van der Waals surface area contributed by atoms with Crippen molar-refractivity contribution in [1.29, 1.82) is 0 Å². The SMILES string of the molecule is O=C(O)[C@H]1CCCN(C(=O)c2cc(F)ccc2[N+](=O)[O-])C1. The van der Waals surface area contributed by atoms with Gasteiger partial charge in [0.25, 0.3) is 11.6 Å². The number of carboxylic acids is 1. The molecule has 0 spiro atoms. The zero-order valence-corrected chi connectivity index (χ0v) is 11.0. The first-order valence-corrected chi connectivity index (χ1v) is 6.36. The summed E-state index contributed by atoms with van der Waals surface area (Å²) in [5, 5.41) is 19.9. The van der Waals surface area contributed by atoms with Crippen LogP contribution in [0.2, 0.25) is 0 Å². The lowest BCUT2D eigenvalue weighted by atomic mass is 9.97. The minimum atomic E-state index is -1.01. The third-order valence-corrected chi connectivity index (χ3v) is 3.44. The van der Waals surface area contributed by atoms with Gasteiger partial charge >= 0.3 is 5.97 Å². The summed E-state index contributed by atoms with van der Waals surface area (Å²) < 4.78 is 13.3. The van der Waals surface area contributed by atoms with E-state index >= 15 is 0 Å². The second-order valence-corrected chi connectivity index (χ2v) is 4.85. The summed E-state index contributed by atoms with van der Waals surface area (Å²) in [5.41, 5.74) is -0.843. The minimum absolute atomic E-state index is 0.0260. The van der Waals surface area contributed by atoms with Crippen molar-refractivity contribution in [2.24, 2.45) is 5.92 Å². The summed E-state index contributed by atoms with van der Waals surface area (Å²) in [6.07, 6.45) is 0.941. The zero-order valence-electron chi connectivity index (χ0n) is 11.0. The van der Waals surface area contributed by atoms with Gasteiger partial charge in [0.05, 0.1) is 10.8 Å². The maximum Gasteiger partial charge on any atom is 0.308 e. The lowest BCUT2D eigenvalue weighted by Crippen LogP contribution is -2.42. The fraction of sp³-hybridized carbons (Fsp3) is 0.385. The van der Waals surface area contributed by atoms with E-state index in [1.807, 2.05) is 0 Å². The van der Waals surface area contributed by atoms with Gasteiger partial charge in [0.1, 0.15) is 11.4 Å². The standard InChI is InChI=1S/C13H13FN2O5/c14-9-3-4-11(16(20)21)10(6-9)12(17)15-5-1-2-8(7-15)13(18)19/h3-4,6,8H,1-2,5,7H2,(H,18,19)/t8-/m0/s1. The average Bonchev–Trinajstić information content (AvgIpc) is 2.46. The van der Waals surface area contributed by atoms with Crippen molar-refractivity contribution >= 4 is 17.6 Å². The molecule has 1 N–H and O–H groups in total. The fourth-order valence-corrected chi connectivity index (χ4v) is 2.37. The average molecular weight is 296 g/mol. The number of nitro groups is 1. The van der Waals surface area contributed by atoms with Crippen LogP contribution in [0.1, 0.15) is 23.2 Å². The Morgan fingerprint density at radius 2 is 2.14 bits per heavy atom. The number of halogens is 1. The molecule has 1 aliphatic heterocycles. The Morgan fingerprint density at radius 1 is 1.43 bits per heavy atom. The van der Waals surface area contributed by atoms with Gasteiger partial charge in [0, 0.05) is 19.2 Å². The second-order valence-electron chi connectivity index (χ2n) is 4.85. The van der Waals surface area contributed by atoms with E-state index in [1.165, 1.54) is 4.90 Å². The molecular weight excluding hydrogens is 283 g/mol. The molecule has 0 bridgehead atoms. The van der Waals surface area contributed by atoms with Gasteiger partial charge in [0.15, 0.2) is 0 Å². The van der Waals surface area contributed by atoms with Crippen LogP contribution < -0.4 is 0 Å². The third-order valence-electron chi connectivity index (χ3n) is 3.44. The number of nitro benzene ring substituents is 1. The Morgan fingerprint density at radius 3 is 2.76 bits per heavy atom. The van der Waals surface area contributed by atoms with Crippen molar-refractivity contribution in [3.8, 4) is 0 Å². The molecule has 0 aromatic heterocycles. The van der Waals surface area contributed by atoms with Crippen molar-refractivity contribution in [2.75, 3.05) is 13.1 Å². The van der Waals surface area contributed by atoms with E-state index in [-0.39, 0.29) is 12.1 Å². The number of carboxylic acid groups (broad SMARTS) is 1. The van der Waals surface area contributed by atoms with E-state index < -0.39 is 34.2 Å². The maximum absolute atomic E-state index is 13.3. The molecule has 1 aliphatic rings. The number of carbonyl (C=O) groups is 2. The number of likely N-dealkylation sites (tertiary alicyclic amines) is 1. The van der Waals surface area contributed by atoms with Crippen molar-refractivity contribution in [3.63, 3.8) is 0 Å². The monoisotopic (exact) mass is 296 g/mol. The van der Waals surface area contributed by atoms with Crippen molar-refractivity contribution in [2.45, 2.75) is 12.8 Å². The normalized spacial score (nSPS) is 18.3. The lowest BCUT2D eigenvalue weighted by Gasteiger charge is -2.30. The minimum Gasteiger partial charge on any atom is -0.481 e. The fourth-order valence-electron chi connectivity index (χ4n) is 2.37. The third kappa shape index (κ3) is 3.15. The number of hydrogen-bond donors (Lipinski definition) is 1. The first-order chi connectivity index (χ1) is 9.90. The first-order valence-electron chi connectivity index (χ1n) is 6.36.